The zero-order valence-corrected chi connectivity index (χ0v) is 10.1. The van der Waals surface area contributed by atoms with Crippen molar-refractivity contribution in [2.24, 2.45) is 0 Å². The summed E-state index contributed by atoms with van der Waals surface area (Å²) in [5, 5.41) is 7.68. The highest BCUT2D eigenvalue weighted by atomic mass is 35.5. The maximum Gasteiger partial charge on any atom is 0.303 e. The second kappa shape index (κ2) is 6.25. The normalized spacial score (nSPS) is 11.9. The molecule has 1 aromatic rings. The van der Waals surface area contributed by atoms with Crippen LogP contribution in [0.5, 0.6) is 5.75 Å². The standard InChI is InChI=1S/C12H13ClO4/c1-17-10-5-3-2-4-8(10)12(16)9(13)6-7-11(14)15/h2-5,9H,6-7H2,1H3,(H,14,15). The van der Waals surface area contributed by atoms with Crippen molar-refractivity contribution in [1.29, 1.82) is 0 Å². The molecule has 0 aliphatic heterocycles. The Morgan fingerprint density at radius 3 is 2.65 bits per heavy atom. The number of methoxy groups -OCH3 is 1. The number of carbonyl (C=O) groups is 2. The Balaban J connectivity index is 2.77. The van der Waals surface area contributed by atoms with Crippen molar-refractivity contribution >= 4 is 23.4 Å². The third-order valence-corrected chi connectivity index (χ3v) is 2.68. The summed E-state index contributed by atoms with van der Waals surface area (Å²) in [7, 11) is 1.46. The molecule has 17 heavy (non-hydrogen) atoms. The quantitative estimate of drug-likeness (QED) is 0.627. The van der Waals surface area contributed by atoms with Crippen molar-refractivity contribution in [2.75, 3.05) is 7.11 Å². The van der Waals surface area contributed by atoms with Crippen molar-refractivity contribution in [1.82, 2.24) is 0 Å². The fourth-order valence-corrected chi connectivity index (χ4v) is 1.62. The van der Waals surface area contributed by atoms with Gasteiger partial charge < -0.3 is 9.84 Å². The lowest BCUT2D eigenvalue weighted by molar-refractivity contribution is -0.137. The number of hydrogen-bond acceptors (Lipinski definition) is 3. The number of carbonyl (C=O) groups excluding carboxylic acids is 1. The molecule has 1 aromatic carbocycles. The molecule has 0 aliphatic rings. The maximum absolute atomic E-state index is 11.9. The first-order valence-electron chi connectivity index (χ1n) is 5.09. The summed E-state index contributed by atoms with van der Waals surface area (Å²) in [6, 6.07) is 6.72. The minimum Gasteiger partial charge on any atom is -0.496 e. The van der Waals surface area contributed by atoms with Crippen molar-refractivity contribution in [3.63, 3.8) is 0 Å². The van der Waals surface area contributed by atoms with Gasteiger partial charge in [0.1, 0.15) is 5.75 Å². The molecule has 92 valence electrons. The molecule has 1 N–H and O–H groups in total. The summed E-state index contributed by atoms with van der Waals surface area (Å²) in [5.41, 5.74) is 0.375. The van der Waals surface area contributed by atoms with E-state index < -0.39 is 11.3 Å². The molecule has 0 aliphatic carbocycles. The number of hydrogen-bond donors (Lipinski definition) is 1. The molecule has 1 unspecified atom stereocenters. The fraction of sp³-hybridized carbons (Fsp3) is 0.333. The Morgan fingerprint density at radius 1 is 1.41 bits per heavy atom. The largest absolute Gasteiger partial charge is 0.496 e. The molecule has 5 heteroatoms. The van der Waals surface area contributed by atoms with E-state index in [0.717, 1.165) is 0 Å². The molecule has 0 heterocycles. The van der Waals surface area contributed by atoms with E-state index in [1.807, 2.05) is 0 Å². The van der Waals surface area contributed by atoms with Crippen LogP contribution in [0.25, 0.3) is 0 Å². The summed E-state index contributed by atoms with van der Waals surface area (Å²) in [5.74, 6) is -0.840. The molecule has 1 rings (SSSR count). The summed E-state index contributed by atoms with van der Waals surface area (Å²) in [6.45, 7) is 0. The van der Waals surface area contributed by atoms with Gasteiger partial charge >= 0.3 is 5.97 Å². The molecule has 0 radical (unpaired) electrons. The van der Waals surface area contributed by atoms with Crippen LogP contribution in [0.4, 0.5) is 0 Å². The predicted molar refractivity (Wildman–Crippen MR) is 63.8 cm³/mol. The Hall–Kier alpha value is -1.55. The molecule has 0 aromatic heterocycles. The number of benzene rings is 1. The zero-order chi connectivity index (χ0) is 12.8. The molecule has 0 spiro atoms. The highest BCUT2D eigenvalue weighted by molar-refractivity contribution is 6.34. The van der Waals surface area contributed by atoms with Gasteiger partial charge in [-0.05, 0) is 18.6 Å². The number of Topliss-reactive ketones (excluding diaryl/α,β-unsaturated/α-hetero) is 1. The lowest BCUT2D eigenvalue weighted by Crippen LogP contribution is -2.17. The Bertz CT molecular complexity index is 417. The van der Waals surface area contributed by atoms with Crippen LogP contribution in [0.15, 0.2) is 24.3 Å². The Kier molecular flexibility index (Phi) is 4.97. The van der Waals surface area contributed by atoms with E-state index in [9.17, 15) is 9.59 Å². The molecule has 1 atom stereocenters. The summed E-state index contributed by atoms with van der Waals surface area (Å²) < 4.78 is 5.05. The van der Waals surface area contributed by atoms with Gasteiger partial charge in [-0.3, -0.25) is 9.59 Å². The number of ether oxygens (including phenoxy) is 1. The predicted octanol–water partition coefficient (Wildman–Crippen LogP) is 2.35. The third-order valence-electron chi connectivity index (χ3n) is 2.27. The van der Waals surface area contributed by atoms with E-state index in [1.165, 1.54) is 7.11 Å². The minimum absolute atomic E-state index is 0.105. The van der Waals surface area contributed by atoms with Crippen molar-refractivity contribution < 1.29 is 19.4 Å². The highest BCUT2D eigenvalue weighted by Gasteiger charge is 2.21. The molecule has 0 amide bonds. The topological polar surface area (TPSA) is 63.6 Å². The monoisotopic (exact) mass is 256 g/mol. The number of halogens is 1. The van der Waals surface area contributed by atoms with Crippen molar-refractivity contribution in [3.05, 3.63) is 29.8 Å². The lowest BCUT2D eigenvalue weighted by atomic mass is 10.0. The van der Waals surface area contributed by atoms with Gasteiger partial charge in [0.05, 0.1) is 18.1 Å². The van der Waals surface area contributed by atoms with E-state index in [2.05, 4.69) is 0 Å². The summed E-state index contributed by atoms with van der Waals surface area (Å²) in [4.78, 5) is 22.3. The third kappa shape index (κ3) is 3.75. The zero-order valence-electron chi connectivity index (χ0n) is 9.35. The fourth-order valence-electron chi connectivity index (χ4n) is 1.40. The second-order valence-corrected chi connectivity index (χ2v) is 3.99. The maximum atomic E-state index is 11.9. The molecule has 0 saturated carbocycles. The van der Waals surface area contributed by atoms with Crippen LogP contribution in [0.1, 0.15) is 23.2 Å². The van der Waals surface area contributed by atoms with E-state index in [1.54, 1.807) is 24.3 Å². The Labute approximate surface area is 104 Å². The van der Waals surface area contributed by atoms with Crippen LogP contribution >= 0.6 is 11.6 Å². The molecular formula is C12H13ClO4. The van der Waals surface area contributed by atoms with E-state index in [4.69, 9.17) is 21.4 Å². The van der Waals surface area contributed by atoms with Gasteiger partial charge in [0.15, 0.2) is 5.78 Å². The number of rotatable bonds is 6. The summed E-state index contributed by atoms with van der Waals surface area (Å²) >= 11 is 5.87. The molecule has 0 fully saturated rings. The van der Waals surface area contributed by atoms with Crippen LogP contribution in [-0.2, 0) is 4.79 Å². The van der Waals surface area contributed by atoms with Crippen LogP contribution < -0.4 is 4.74 Å². The van der Waals surface area contributed by atoms with E-state index >= 15 is 0 Å². The van der Waals surface area contributed by atoms with Gasteiger partial charge in [-0.2, -0.15) is 0 Å². The highest BCUT2D eigenvalue weighted by Crippen LogP contribution is 2.22. The number of carboxylic acid groups (broad SMARTS) is 1. The van der Waals surface area contributed by atoms with Crippen molar-refractivity contribution in [2.45, 2.75) is 18.2 Å². The number of aliphatic carboxylic acids is 1. The van der Waals surface area contributed by atoms with Gasteiger partial charge in [-0.15, -0.1) is 11.6 Å². The molecule has 0 bridgehead atoms. The summed E-state index contributed by atoms with van der Waals surface area (Å²) in [6.07, 6.45) is -0.0250. The number of ketones is 1. The molecule has 0 saturated heterocycles. The lowest BCUT2D eigenvalue weighted by Gasteiger charge is -2.10. The minimum atomic E-state index is -0.969. The van der Waals surface area contributed by atoms with Gasteiger partial charge in [-0.1, -0.05) is 12.1 Å². The number of para-hydroxylation sites is 1. The molecule has 4 nitrogen and oxygen atoms in total. The second-order valence-electron chi connectivity index (χ2n) is 3.46. The number of alkyl halides is 1. The van der Waals surface area contributed by atoms with Crippen LogP contribution in [0, 0.1) is 0 Å². The SMILES string of the molecule is COc1ccccc1C(=O)C(Cl)CCC(=O)O. The molecular weight excluding hydrogens is 244 g/mol. The first kappa shape index (κ1) is 13.5. The van der Waals surface area contributed by atoms with Gasteiger partial charge in [0, 0.05) is 6.42 Å². The first-order chi connectivity index (χ1) is 8.06. The first-order valence-corrected chi connectivity index (χ1v) is 5.53. The van der Waals surface area contributed by atoms with Crippen LogP contribution in [-0.4, -0.2) is 29.3 Å². The van der Waals surface area contributed by atoms with Gasteiger partial charge in [-0.25, -0.2) is 0 Å². The average Bonchev–Trinajstić information content (AvgIpc) is 2.34. The smallest absolute Gasteiger partial charge is 0.303 e. The average molecular weight is 257 g/mol. The van der Waals surface area contributed by atoms with Crippen LogP contribution in [0.3, 0.4) is 0 Å². The van der Waals surface area contributed by atoms with Gasteiger partial charge in [0.25, 0.3) is 0 Å². The van der Waals surface area contributed by atoms with Crippen molar-refractivity contribution in [3.8, 4) is 5.75 Å². The van der Waals surface area contributed by atoms with E-state index in [0.29, 0.717) is 11.3 Å². The van der Waals surface area contributed by atoms with Gasteiger partial charge in [0.2, 0.25) is 0 Å². The Morgan fingerprint density at radius 2 is 2.06 bits per heavy atom. The number of carboxylic acids is 1. The van der Waals surface area contributed by atoms with E-state index in [-0.39, 0.29) is 18.6 Å². The van der Waals surface area contributed by atoms with Crippen LogP contribution in [0.2, 0.25) is 0 Å².